The third kappa shape index (κ3) is 4.02. The third-order valence-electron chi connectivity index (χ3n) is 4.33. The summed E-state index contributed by atoms with van der Waals surface area (Å²) in [5.41, 5.74) is 4.91. The second kappa shape index (κ2) is 7.83. The second-order valence-electron chi connectivity index (χ2n) is 6.40. The number of amides is 1. The molecule has 0 saturated heterocycles. The Balaban J connectivity index is 1.72. The van der Waals surface area contributed by atoms with Gasteiger partial charge in [0.2, 0.25) is 5.91 Å². The number of carbonyl (C=O) groups is 1. The Labute approximate surface area is 157 Å². The van der Waals surface area contributed by atoms with E-state index in [9.17, 15) is 4.79 Å². The summed E-state index contributed by atoms with van der Waals surface area (Å²) in [7, 11) is 0. The molecule has 0 unspecified atom stereocenters. The molecule has 3 rings (SSSR count). The topological polar surface area (TPSA) is 68.0 Å². The van der Waals surface area contributed by atoms with Crippen LogP contribution in [0.3, 0.4) is 0 Å². The maximum atomic E-state index is 12.3. The molecular formula is C20H23N3O2S. The highest BCUT2D eigenvalue weighted by molar-refractivity contribution is 7.16. The Hall–Kier alpha value is -2.47. The van der Waals surface area contributed by atoms with Gasteiger partial charge >= 0.3 is 0 Å². The van der Waals surface area contributed by atoms with Gasteiger partial charge in [-0.3, -0.25) is 4.79 Å². The van der Waals surface area contributed by atoms with Crippen molar-refractivity contribution in [2.24, 2.45) is 0 Å². The maximum Gasteiger partial charge on any atom is 0.230 e. The maximum absolute atomic E-state index is 12.3. The van der Waals surface area contributed by atoms with Crippen molar-refractivity contribution in [1.29, 1.82) is 0 Å². The molecule has 0 spiro atoms. The van der Waals surface area contributed by atoms with Crippen LogP contribution in [0, 0.1) is 20.8 Å². The van der Waals surface area contributed by atoms with Gasteiger partial charge in [-0.1, -0.05) is 42.8 Å². The molecule has 1 N–H and O–H groups in total. The quantitative estimate of drug-likeness (QED) is 0.674. The molecule has 0 aliphatic heterocycles. The first-order valence-corrected chi connectivity index (χ1v) is 9.58. The number of nitrogens with one attached hydrogen (secondary N) is 1. The van der Waals surface area contributed by atoms with Crippen molar-refractivity contribution in [3.05, 3.63) is 51.7 Å². The van der Waals surface area contributed by atoms with Crippen molar-refractivity contribution in [3.8, 4) is 11.3 Å². The highest BCUT2D eigenvalue weighted by atomic mass is 32.1. The van der Waals surface area contributed by atoms with Gasteiger partial charge in [0.25, 0.3) is 0 Å². The smallest absolute Gasteiger partial charge is 0.230 e. The average Bonchev–Trinajstić information content (AvgIpc) is 3.12. The van der Waals surface area contributed by atoms with Crippen LogP contribution >= 0.6 is 11.3 Å². The largest absolute Gasteiger partial charge is 0.361 e. The number of hydrogen-bond acceptors (Lipinski definition) is 5. The van der Waals surface area contributed by atoms with Crippen LogP contribution < -0.4 is 5.32 Å². The molecule has 26 heavy (non-hydrogen) atoms. The molecule has 5 nitrogen and oxygen atoms in total. The van der Waals surface area contributed by atoms with Gasteiger partial charge in [-0.05, 0) is 32.8 Å². The lowest BCUT2D eigenvalue weighted by Gasteiger charge is -2.02. The summed E-state index contributed by atoms with van der Waals surface area (Å²) >= 11 is 1.49. The number of rotatable bonds is 6. The molecule has 136 valence electrons. The second-order valence-corrected chi connectivity index (χ2v) is 7.60. The summed E-state index contributed by atoms with van der Waals surface area (Å²) in [5, 5.41) is 7.40. The minimum Gasteiger partial charge on any atom is -0.361 e. The zero-order valence-electron chi connectivity index (χ0n) is 15.5. The summed E-state index contributed by atoms with van der Waals surface area (Å²) in [4.78, 5) is 18.0. The first kappa shape index (κ1) is 18.3. The summed E-state index contributed by atoms with van der Waals surface area (Å²) in [6.07, 6.45) is 2.45. The van der Waals surface area contributed by atoms with Gasteiger partial charge in [0.05, 0.1) is 17.8 Å². The lowest BCUT2D eigenvalue weighted by Crippen LogP contribution is -2.15. The van der Waals surface area contributed by atoms with E-state index in [-0.39, 0.29) is 12.3 Å². The molecule has 6 heteroatoms. The van der Waals surface area contributed by atoms with Crippen LogP contribution in [0.4, 0.5) is 5.13 Å². The van der Waals surface area contributed by atoms with Crippen LogP contribution in [0.15, 0.2) is 28.8 Å². The van der Waals surface area contributed by atoms with Crippen molar-refractivity contribution in [2.45, 2.75) is 47.0 Å². The van der Waals surface area contributed by atoms with Gasteiger partial charge in [0.1, 0.15) is 5.76 Å². The van der Waals surface area contributed by atoms with Crippen LogP contribution in [-0.2, 0) is 17.6 Å². The van der Waals surface area contributed by atoms with E-state index < -0.39 is 0 Å². The number of hydrogen-bond donors (Lipinski definition) is 1. The Morgan fingerprint density at radius 1 is 1.19 bits per heavy atom. The highest BCUT2D eigenvalue weighted by Gasteiger charge is 2.16. The van der Waals surface area contributed by atoms with Crippen LogP contribution in [0.25, 0.3) is 11.3 Å². The Morgan fingerprint density at radius 2 is 1.92 bits per heavy atom. The predicted molar refractivity (Wildman–Crippen MR) is 105 cm³/mol. The lowest BCUT2D eigenvalue weighted by molar-refractivity contribution is -0.115. The zero-order valence-corrected chi connectivity index (χ0v) is 16.4. The summed E-state index contributed by atoms with van der Waals surface area (Å²) in [5.74, 6) is 0.568. The molecule has 0 saturated carbocycles. The minimum atomic E-state index is -0.113. The van der Waals surface area contributed by atoms with E-state index in [1.54, 1.807) is 0 Å². The van der Waals surface area contributed by atoms with E-state index in [0.717, 1.165) is 40.2 Å². The van der Waals surface area contributed by atoms with Crippen molar-refractivity contribution >= 4 is 22.4 Å². The molecule has 0 fully saturated rings. The summed E-state index contributed by atoms with van der Waals surface area (Å²) in [6, 6.07) is 8.49. The number of aryl methyl sites for hydroxylation is 4. The fourth-order valence-corrected chi connectivity index (χ4v) is 3.77. The number of benzene rings is 1. The van der Waals surface area contributed by atoms with Crippen LogP contribution in [0.2, 0.25) is 0 Å². The molecule has 1 aromatic carbocycles. The number of carbonyl (C=O) groups excluding carboxylic acids is 1. The first-order valence-electron chi connectivity index (χ1n) is 8.76. The van der Waals surface area contributed by atoms with Crippen molar-refractivity contribution < 1.29 is 9.32 Å². The number of aromatic nitrogens is 2. The number of thiazole rings is 1. The number of anilines is 1. The van der Waals surface area contributed by atoms with Crippen molar-refractivity contribution in [2.75, 3.05) is 5.32 Å². The lowest BCUT2D eigenvalue weighted by atomic mass is 10.1. The molecule has 3 aromatic rings. The van der Waals surface area contributed by atoms with Crippen LogP contribution in [0.5, 0.6) is 0 Å². The normalized spacial score (nSPS) is 10.9. The Kier molecular flexibility index (Phi) is 5.52. The van der Waals surface area contributed by atoms with E-state index in [1.807, 2.05) is 20.8 Å². The first-order chi connectivity index (χ1) is 12.5. The zero-order chi connectivity index (χ0) is 18.7. The fraction of sp³-hybridized carbons (Fsp3) is 0.350. The average molecular weight is 369 g/mol. The van der Waals surface area contributed by atoms with Crippen molar-refractivity contribution in [1.82, 2.24) is 10.1 Å². The summed E-state index contributed by atoms with van der Waals surface area (Å²) in [6.45, 7) is 7.86. The van der Waals surface area contributed by atoms with Gasteiger partial charge in [-0.25, -0.2) is 4.98 Å². The molecule has 0 aliphatic carbocycles. The molecule has 0 atom stereocenters. The SMILES string of the molecule is CCCc1ccc(-c2nc(NC(=O)Cc3c(C)noc3C)sc2C)cc1. The fourth-order valence-electron chi connectivity index (χ4n) is 2.91. The number of nitrogens with zero attached hydrogens (tertiary/aromatic N) is 2. The van der Waals surface area contributed by atoms with Crippen molar-refractivity contribution in [3.63, 3.8) is 0 Å². The van der Waals surface area contributed by atoms with E-state index >= 15 is 0 Å². The van der Waals surface area contributed by atoms with E-state index in [2.05, 4.69) is 46.6 Å². The molecule has 0 radical (unpaired) electrons. The van der Waals surface area contributed by atoms with E-state index in [4.69, 9.17) is 4.52 Å². The van der Waals surface area contributed by atoms with Gasteiger partial charge in [0.15, 0.2) is 5.13 Å². The van der Waals surface area contributed by atoms with Gasteiger partial charge in [-0.15, -0.1) is 11.3 Å². The molecule has 0 aliphatic rings. The molecular weight excluding hydrogens is 346 g/mol. The van der Waals surface area contributed by atoms with Crippen LogP contribution in [-0.4, -0.2) is 16.0 Å². The van der Waals surface area contributed by atoms with E-state index in [0.29, 0.717) is 10.9 Å². The third-order valence-corrected chi connectivity index (χ3v) is 5.21. The monoisotopic (exact) mass is 369 g/mol. The molecule has 1 amide bonds. The minimum absolute atomic E-state index is 0.113. The van der Waals surface area contributed by atoms with Gasteiger partial charge < -0.3 is 9.84 Å². The predicted octanol–water partition coefficient (Wildman–Crippen LogP) is 4.86. The standard InChI is InChI=1S/C20H23N3O2S/c1-5-6-15-7-9-16(10-8-15)19-14(4)26-20(22-19)21-18(24)11-17-12(2)23-25-13(17)3/h7-10H,5-6,11H2,1-4H3,(H,21,22,24). The van der Waals surface area contributed by atoms with Crippen LogP contribution in [0.1, 0.15) is 40.8 Å². The molecule has 0 bridgehead atoms. The van der Waals surface area contributed by atoms with Gasteiger partial charge in [0, 0.05) is 16.0 Å². The summed E-state index contributed by atoms with van der Waals surface area (Å²) < 4.78 is 5.11. The Bertz CT molecular complexity index is 890. The Morgan fingerprint density at radius 3 is 2.54 bits per heavy atom. The highest BCUT2D eigenvalue weighted by Crippen LogP contribution is 2.30. The van der Waals surface area contributed by atoms with E-state index in [1.165, 1.54) is 16.9 Å². The van der Waals surface area contributed by atoms with Gasteiger partial charge in [-0.2, -0.15) is 0 Å². The molecule has 2 heterocycles. The molecule has 2 aromatic heterocycles.